The second-order valence-corrected chi connectivity index (χ2v) is 4.13. The molecule has 0 aromatic heterocycles. The van der Waals surface area contributed by atoms with Crippen LogP contribution in [0.25, 0.3) is 0 Å². The molecule has 1 atom stereocenters. The molecule has 1 unspecified atom stereocenters. The van der Waals surface area contributed by atoms with E-state index in [1.54, 1.807) is 0 Å². The topological polar surface area (TPSA) is 35.2 Å². The minimum absolute atomic E-state index is 0.129. The van der Waals surface area contributed by atoms with Gasteiger partial charge >= 0.3 is 0 Å². The third-order valence-corrected chi connectivity index (χ3v) is 2.84. The SMILES string of the molecule is CCC(N)COc1c(C)ccc(C)c1C. The maximum Gasteiger partial charge on any atom is 0.125 e. The maximum atomic E-state index is 5.83. The third kappa shape index (κ3) is 2.96. The normalized spacial score (nSPS) is 12.6. The summed E-state index contributed by atoms with van der Waals surface area (Å²) in [6.45, 7) is 8.93. The molecular weight excluding hydrogens is 186 g/mol. The van der Waals surface area contributed by atoms with Crippen LogP contribution >= 0.6 is 0 Å². The Labute approximate surface area is 92.4 Å². The first-order valence-corrected chi connectivity index (χ1v) is 5.51. The molecule has 0 aliphatic heterocycles. The summed E-state index contributed by atoms with van der Waals surface area (Å²) in [5.74, 6) is 0.999. The molecule has 1 rings (SSSR count). The van der Waals surface area contributed by atoms with Gasteiger partial charge in [0.1, 0.15) is 12.4 Å². The largest absolute Gasteiger partial charge is 0.491 e. The Morgan fingerprint density at radius 1 is 1.20 bits per heavy atom. The first kappa shape index (κ1) is 12.1. The Morgan fingerprint density at radius 3 is 2.40 bits per heavy atom. The third-order valence-electron chi connectivity index (χ3n) is 2.84. The summed E-state index contributed by atoms with van der Waals surface area (Å²) in [4.78, 5) is 0. The van der Waals surface area contributed by atoms with E-state index < -0.39 is 0 Å². The van der Waals surface area contributed by atoms with Crippen LogP contribution in [-0.4, -0.2) is 12.6 Å². The van der Waals surface area contributed by atoms with Gasteiger partial charge in [-0.3, -0.25) is 0 Å². The van der Waals surface area contributed by atoms with Crippen LogP contribution in [0.2, 0.25) is 0 Å². The lowest BCUT2D eigenvalue weighted by Crippen LogP contribution is -2.27. The van der Waals surface area contributed by atoms with Gasteiger partial charge in [0.15, 0.2) is 0 Å². The summed E-state index contributed by atoms with van der Waals surface area (Å²) in [5.41, 5.74) is 9.50. The number of aryl methyl sites for hydroxylation is 2. The van der Waals surface area contributed by atoms with Crippen molar-refractivity contribution in [2.75, 3.05) is 6.61 Å². The van der Waals surface area contributed by atoms with Gasteiger partial charge in [-0.2, -0.15) is 0 Å². The smallest absolute Gasteiger partial charge is 0.125 e. The molecule has 0 saturated heterocycles. The number of hydrogen-bond donors (Lipinski definition) is 1. The lowest BCUT2D eigenvalue weighted by molar-refractivity contribution is 0.282. The van der Waals surface area contributed by atoms with Crippen LogP contribution in [0.3, 0.4) is 0 Å². The Balaban J connectivity index is 2.80. The summed E-state index contributed by atoms with van der Waals surface area (Å²) in [6, 6.07) is 4.34. The van der Waals surface area contributed by atoms with Gasteiger partial charge in [-0.15, -0.1) is 0 Å². The number of benzene rings is 1. The molecule has 1 aromatic carbocycles. The molecule has 2 N–H and O–H groups in total. The lowest BCUT2D eigenvalue weighted by atomic mass is 10.1. The zero-order valence-corrected chi connectivity index (χ0v) is 10.1. The van der Waals surface area contributed by atoms with Crippen molar-refractivity contribution in [2.45, 2.75) is 40.2 Å². The minimum atomic E-state index is 0.129. The number of rotatable bonds is 4. The standard InChI is InChI=1S/C13H21NO/c1-5-12(14)8-15-13-10(3)7-6-9(2)11(13)4/h6-7,12H,5,8,14H2,1-4H3. The van der Waals surface area contributed by atoms with Gasteiger partial charge in [-0.25, -0.2) is 0 Å². The predicted molar refractivity (Wildman–Crippen MR) is 64.4 cm³/mol. The van der Waals surface area contributed by atoms with Crippen molar-refractivity contribution in [1.29, 1.82) is 0 Å². The maximum absolute atomic E-state index is 5.83. The Hall–Kier alpha value is -1.02. The molecule has 0 fully saturated rings. The van der Waals surface area contributed by atoms with E-state index in [0.29, 0.717) is 6.61 Å². The number of nitrogens with two attached hydrogens (primary N) is 1. The highest BCUT2D eigenvalue weighted by Crippen LogP contribution is 2.25. The van der Waals surface area contributed by atoms with Crippen molar-refractivity contribution in [3.8, 4) is 5.75 Å². The number of ether oxygens (including phenoxy) is 1. The van der Waals surface area contributed by atoms with E-state index in [0.717, 1.165) is 12.2 Å². The van der Waals surface area contributed by atoms with Crippen LogP contribution in [0.15, 0.2) is 12.1 Å². The van der Waals surface area contributed by atoms with E-state index in [2.05, 4.69) is 39.8 Å². The van der Waals surface area contributed by atoms with Crippen molar-refractivity contribution in [1.82, 2.24) is 0 Å². The zero-order chi connectivity index (χ0) is 11.4. The highest BCUT2D eigenvalue weighted by atomic mass is 16.5. The lowest BCUT2D eigenvalue weighted by Gasteiger charge is -2.16. The molecule has 0 heterocycles. The molecule has 15 heavy (non-hydrogen) atoms. The molecule has 0 amide bonds. The van der Waals surface area contributed by atoms with E-state index >= 15 is 0 Å². The second-order valence-electron chi connectivity index (χ2n) is 4.13. The van der Waals surface area contributed by atoms with Gasteiger partial charge in [0.2, 0.25) is 0 Å². The molecule has 2 heteroatoms. The van der Waals surface area contributed by atoms with E-state index in [-0.39, 0.29) is 6.04 Å². The molecule has 0 aliphatic rings. The van der Waals surface area contributed by atoms with Crippen LogP contribution in [0.4, 0.5) is 0 Å². The molecule has 0 aliphatic carbocycles. The van der Waals surface area contributed by atoms with Crippen LogP contribution in [0.1, 0.15) is 30.0 Å². The molecule has 0 radical (unpaired) electrons. The monoisotopic (exact) mass is 207 g/mol. The average Bonchev–Trinajstić information content (AvgIpc) is 2.23. The summed E-state index contributed by atoms with van der Waals surface area (Å²) < 4.78 is 5.78. The summed E-state index contributed by atoms with van der Waals surface area (Å²) in [7, 11) is 0. The van der Waals surface area contributed by atoms with Crippen molar-refractivity contribution in [2.24, 2.45) is 5.73 Å². The fraction of sp³-hybridized carbons (Fsp3) is 0.538. The van der Waals surface area contributed by atoms with Gasteiger partial charge in [-0.05, 0) is 43.9 Å². The van der Waals surface area contributed by atoms with Crippen molar-refractivity contribution >= 4 is 0 Å². The first-order valence-electron chi connectivity index (χ1n) is 5.51. The van der Waals surface area contributed by atoms with Crippen molar-refractivity contribution in [3.05, 3.63) is 28.8 Å². The van der Waals surface area contributed by atoms with Gasteiger partial charge < -0.3 is 10.5 Å². The molecule has 84 valence electrons. The average molecular weight is 207 g/mol. The van der Waals surface area contributed by atoms with Gasteiger partial charge in [0.05, 0.1) is 0 Å². The van der Waals surface area contributed by atoms with Crippen molar-refractivity contribution < 1.29 is 4.74 Å². The van der Waals surface area contributed by atoms with Crippen LogP contribution in [0, 0.1) is 20.8 Å². The zero-order valence-electron chi connectivity index (χ0n) is 10.1. The van der Waals surface area contributed by atoms with Crippen LogP contribution in [0.5, 0.6) is 5.75 Å². The van der Waals surface area contributed by atoms with Gasteiger partial charge in [0.25, 0.3) is 0 Å². The van der Waals surface area contributed by atoms with Crippen molar-refractivity contribution in [3.63, 3.8) is 0 Å². The molecule has 0 bridgehead atoms. The second kappa shape index (κ2) is 5.17. The molecule has 0 saturated carbocycles. The van der Waals surface area contributed by atoms with Gasteiger partial charge in [-0.1, -0.05) is 19.1 Å². The summed E-state index contributed by atoms with van der Waals surface area (Å²) in [6.07, 6.45) is 0.948. The summed E-state index contributed by atoms with van der Waals surface area (Å²) in [5, 5.41) is 0. The minimum Gasteiger partial charge on any atom is -0.491 e. The van der Waals surface area contributed by atoms with E-state index in [4.69, 9.17) is 10.5 Å². The Kier molecular flexibility index (Phi) is 4.15. The predicted octanol–water partition coefficient (Wildman–Crippen LogP) is 2.73. The molecular formula is C13H21NO. The molecule has 0 spiro atoms. The molecule has 1 aromatic rings. The number of hydrogen-bond acceptors (Lipinski definition) is 2. The first-order chi connectivity index (χ1) is 7.06. The van der Waals surface area contributed by atoms with E-state index in [9.17, 15) is 0 Å². The van der Waals surface area contributed by atoms with Gasteiger partial charge in [0, 0.05) is 6.04 Å². The van der Waals surface area contributed by atoms with E-state index in [1.807, 2.05) is 0 Å². The fourth-order valence-corrected chi connectivity index (χ4v) is 1.46. The highest BCUT2D eigenvalue weighted by Gasteiger charge is 2.07. The van der Waals surface area contributed by atoms with Crippen LogP contribution < -0.4 is 10.5 Å². The van der Waals surface area contributed by atoms with Crippen LogP contribution in [-0.2, 0) is 0 Å². The highest BCUT2D eigenvalue weighted by molar-refractivity contribution is 5.44. The molecule has 2 nitrogen and oxygen atoms in total. The Bertz CT molecular complexity index is 334. The fourth-order valence-electron chi connectivity index (χ4n) is 1.46. The van der Waals surface area contributed by atoms with E-state index in [1.165, 1.54) is 16.7 Å². The quantitative estimate of drug-likeness (QED) is 0.824. The summed E-state index contributed by atoms with van der Waals surface area (Å²) >= 11 is 0. The Morgan fingerprint density at radius 2 is 1.80 bits per heavy atom.